The van der Waals surface area contributed by atoms with Gasteiger partial charge in [0.05, 0.1) is 10.7 Å². The van der Waals surface area contributed by atoms with E-state index in [-0.39, 0.29) is 10.7 Å². The zero-order chi connectivity index (χ0) is 13.7. The van der Waals surface area contributed by atoms with Crippen molar-refractivity contribution in [2.24, 2.45) is 4.99 Å². The van der Waals surface area contributed by atoms with Gasteiger partial charge in [-0.15, -0.1) is 0 Å². The van der Waals surface area contributed by atoms with Gasteiger partial charge in [0, 0.05) is 13.1 Å². The first-order valence-corrected chi connectivity index (χ1v) is 6.35. The maximum atomic E-state index is 13.5. The summed E-state index contributed by atoms with van der Waals surface area (Å²) in [6.07, 6.45) is 1.97. The second-order valence-electron chi connectivity index (χ2n) is 4.04. The van der Waals surface area contributed by atoms with Gasteiger partial charge in [0.25, 0.3) is 0 Å². The molecule has 5 nitrogen and oxygen atoms in total. The largest absolute Gasteiger partial charge is 0.356 e. The standard InChI is InChI=1S/C12H14ClFN4O/c13-8-4-3-5-9(14)10(8)17-12(19)18-11-15-6-1-2-7-16-11/h3-5H,1-2,6-7H2,(H3,15,16,17,18,19). The van der Waals surface area contributed by atoms with Crippen LogP contribution in [0.1, 0.15) is 12.8 Å². The summed E-state index contributed by atoms with van der Waals surface area (Å²) in [5.74, 6) is -0.194. The Bertz CT molecular complexity index is 486. The number of amides is 2. The Morgan fingerprint density at radius 1 is 1.37 bits per heavy atom. The van der Waals surface area contributed by atoms with Gasteiger partial charge < -0.3 is 10.6 Å². The van der Waals surface area contributed by atoms with E-state index in [4.69, 9.17) is 11.6 Å². The first kappa shape index (κ1) is 13.6. The summed E-state index contributed by atoms with van der Waals surface area (Å²) in [7, 11) is 0. The van der Waals surface area contributed by atoms with E-state index in [0.717, 1.165) is 19.4 Å². The molecule has 1 aromatic carbocycles. The summed E-state index contributed by atoms with van der Waals surface area (Å²) in [5, 5.41) is 8.02. The number of benzene rings is 1. The third-order valence-electron chi connectivity index (χ3n) is 2.58. The van der Waals surface area contributed by atoms with Crippen molar-refractivity contribution >= 4 is 29.3 Å². The van der Waals surface area contributed by atoms with E-state index in [0.29, 0.717) is 12.5 Å². The maximum Gasteiger partial charge on any atom is 0.326 e. The molecule has 0 spiro atoms. The van der Waals surface area contributed by atoms with Crippen molar-refractivity contribution < 1.29 is 9.18 Å². The van der Waals surface area contributed by atoms with Crippen LogP contribution < -0.4 is 16.0 Å². The van der Waals surface area contributed by atoms with Crippen molar-refractivity contribution in [3.8, 4) is 0 Å². The predicted octanol–water partition coefficient (Wildman–Crippen LogP) is 2.34. The molecular weight excluding hydrogens is 271 g/mol. The SMILES string of the molecule is O=C(NC1=NCCCCN1)Nc1c(F)cccc1Cl. The molecule has 2 rings (SSSR count). The van der Waals surface area contributed by atoms with Crippen molar-refractivity contribution in [2.75, 3.05) is 18.4 Å². The minimum atomic E-state index is -0.585. The lowest BCUT2D eigenvalue weighted by Gasteiger charge is -2.11. The zero-order valence-corrected chi connectivity index (χ0v) is 10.9. The van der Waals surface area contributed by atoms with Crippen LogP contribution in [0.5, 0.6) is 0 Å². The minimum absolute atomic E-state index is 0.0455. The fraction of sp³-hybridized carbons (Fsp3) is 0.333. The Labute approximate surface area is 115 Å². The number of anilines is 1. The third-order valence-corrected chi connectivity index (χ3v) is 2.90. The average molecular weight is 285 g/mol. The van der Waals surface area contributed by atoms with Crippen LogP contribution in [-0.2, 0) is 0 Å². The molecule has 1 aromatic rings. The average Bonchev–Trinajstić information content (AvgIpc) is 2.63. The van der Waals surface area contributed by atoms with E-state index in [2.05, 4.69) is 20.9 Å². The summed E-state index contributed by atoms with van der Waals surface area (Å²) in [6.45, 7) is 1.41. The molecular formula is C12H14ClFN4O. The van der Waals surface area contributed by atoms with Crippen LogP contribution in [0.25, 0.3) is 0 Å². The van der Waals surface area contributed by atoms with Gasteiger partial charge in [-0.2, -0.15) is 0 Å². The van der Waals surface area contributed by atoms with Gasteiger partial charge in [-0.3, -0.25) is 10.3 Å². The highest BCUT2D eigenvalue weighted by atomic mass is 35.5. The molecule has 2 amide bonds. The van der Waals surface area contributed by atoms with Crippen molar-refractivity contribution in [3.05, 3.63) is 29.0 Å². The van der Waals surface area contributed by atoms with Gasteiger partial charge in [-0.1, -0.05) is 17.7 Å². The first-order chi connectivity index (χ1) is 9.16. The number of halogens is 2. The van der Waals surface area contributed by atoms with E-state index < -0.39 is 11.8 Å². The van der Waals surface area contributed by atoms with Crippen molar-refractivity contribution in [1.29, 1.82) is 0 Å². The summed E-state index contributed by atoms with van der Waals surface area (Å²) in [5.41, 5.74) is -0.0455. The number of para-hydroxylation sites is 1. The van der Waals surface area contributed by atoms with Crippen LogP contribution in [0.4, 0.5) is 14.9 Å². The highest BCUT2D eigenvalue weighted by Gasteiger charge is 2.12. The Kier molecular flexibility index (Phi) is 4.57. The molecule has 1 aliphatic heterocycles. The lowest BCUT2D eigenvalue weighted by molar-refractivity contribution is 0.255. The van der Waals surface area contributed by atoms with Crippen LogP contribution in [0, 0.1) is 5.82 Å². The van der Waals surface area contributed by atoms with Crippen LogP contribution >= 0.6 is 11.6 Å². The molecule has 7 heteroatoms. The summed E-state index contributed by atoms with van der Waals surface area (Å²) in [6, 6.07) is 3.61. The maximum absolute atomic E-state index is 13.5. The normalized spacial score (nSPS) is 14.9. The quantitative estimate of drug-likeness (QED) is 0.741. The number of guanidine groups is 1. The monoisotopic (exact) mass is 284 g/mol. The number of rotatable bonds is 1. The van der Waals surface area contributed by atoms with E-state index in [1.165, 1.54) is 18.2 Å². The third kappa shape index (κ3) is 3.82. The molecule has 0 bridgehead atoms. The Morgan fingerprint density at radius 2 is 2.21 bits per heavy atom. The molecule has 0 atom stereocenters. The smallest absolute Gasteiger partial charge is 0.326 e. The van der Waals surface area contributed by atoms with Crippen molar-refractivity contribution in [2.45, 2.75) is 12.8 Å². The molecule has 0 aliphatic carbocycles. The molecule has 0 saturated heterocycles. The molecule has 0 radical (unpaired) electrons. The van der Waals surface area contributed by atoms with Gasteiger partial charge in [0.2, 0.25) is 0 Å². The lowest BCUT2D eigenvalue weighted by Crippen LogP contribution is -2.43. The molecule has 1 heterocycles. The number of carbonyl (C=O) groups excluding carboxylic acids is 1. The fourth-order valence-corrected chi connectivity index (χ4v) is 1.85. The number of nitrogens with zero attached hydrogens (tertiary/aromatic N) is 1. The second kappa shape index (κ2) is 6.38. The zero-order valence-electron chi connectivity index (χ0n) is 10.2. The van der Waals surface area contributed by atoms with E-state index in [1.807, 2.05) is 0 Å². The van der Waals surface area contributed by atoms with Crippen LogP contribution in [-0.4, -0.2) is 25.1 Å². The Balaban J connectivity index is 1.99. The highest BCUT2D eigenvalue weighted by Crippen LogP contribution is 2.24. The number of hydrogen-bond donors (Lipinski definition) is 3. The van der Waals surface area contributed by atoms with Crippen molar-refractivity contribution in [1.82, 2.24) is 10.6 Å². The van der Waals surface area contributed by atoms with Crippen LogP contribution in [0.3, 0.4) is 0 Å². The van der Waals surface area contributed by atoms with Gasteiger partial charge in [-0.25, -0.2) is 9.18 Å². The van der Waals surface area contributed by atoms with Crippen molar-refractivity contribution in [3.63, 3.8) is 0 Å². The number of hydrogen-bond acceptors (Lipinski definition) is 3. The highest BCUT2D eigenvalue weighted by molar-refractivity contribution is 6.33. The number of nitrogens with one attached hydrogen (secondary N) is 3. The molecule has 19 heavy (non-hydrogen) atoms. The lowest BCUT2D eigenvalue weighted by atomic mass is 10.3. The molecule has 0 saturated carbocycles. The summed E-state index contributed by atoms with van der Waals surface area (Å²) < 4.78 is 13.5. The number of carbonyl (C=O) groups is 1. The predicted molar refractivity (Wildman–Crippen MR) is 73.1 cm³/mol. The number of urea groups is 1. The van der Waals surface area contributed by atoms with E-state index in [9.17, 15) is 9.18 Å². The van der Waals surface area contributed by atoms with Gasteiger partial charge >= 0.3 is 6.03 Å². The summed E-state index contributed by atoms with van der Waals surface area (Å²) in [4.78, 5) is 15.9. The second-order valence-corrected chi connectivity index (χ2v) is 4.45. The molecule has 0 fully saturated rings. The Hall–Kier alpha value is -1.82. The fourth-order valence-electron chi connectivity index (χ4n) is 1.64. The minimum Gasteiger partial charge on any atom is -0.356 e. The topological polar surface area (TPSA) is 65.5 Å². The Morgan fingerprint density at radius 3 is 3.00 bits per heavy atom. The molecule has 102 valence electrons. The van der Waals surface area contributed by atoms with Gasteiger partial charge in [-0.05, 0) is 25.0 Å². The van der Waals surface area contributed by atoms with Gasteiger partial charge in [0.1, 0.15) is 5.82 Å². The van der Waals surface area contributed by atoms with Gasteiger partial charge in [0.15, 0.2) is 5.96 Å². The van der Waals surface area contributed by atoms with Crippen LogP contribution in [0.15, 0.2) is 23.2 Å². The number of aliphatic imine (C=N–C) groups is 1. The van der Waals surface area contributed by atoms with Crippen LogP contribution in [0.2, 0.25) is 5.02 Å². The molecule has 3 N–H and O–H groups in total. The molecule has 1 aliphatic rings. The molecule has 0 aromatic heterocycles. The van der Waals surface area contributed by atoms with E-state index >= 15 is 0 Å². The first-order valence-electron chi connectivity index (χ1n) is 5.97. The summed E-state index contributed by atoms with van der Waals surface area (Å²) >= 11 is 5.81. The van der Waals surface area contributed by atoms with E-state index in [1.54, 1.807) is 0 Å². The molecule has 0 unspecified atom stereocenters.